The lowest BCUT2D eigenvalue weighted by Gasteiger charge is -2.51. The summed E-state index contributed by atoms with van der Waals surface area (Å²) in [5.41, 5.74) is 1.01. The summed E-state index contributed by atoms with van der Waals surface area (Å²) in [5.74, 6) is 0.533. The lowest BCUT2D eigenvalue weighted by Crippen LogP contribution is -2.70. The van der Waals surface area contributed by atoms with Gasteiger partial charge in [0.05, 0.1) is 0 Å². The molecule has 0 bridgehead atoms. The summed E-state index contributed by atoms with van der Waals surface area (Å²) in [6.07, 6.45) is 8.07. The summed E-state index contributed by atoms with van der Waals surface area (Å²) in [6, 6.07) is 0.231. The summed E-state index contributed by atoms with van der Waals surface area (Å²) < 4.78 is 10.6. The average Bonchev–Trinajstić information content (AvgIpc) is 2.87. The molecular formula is C18H30N2O3. The molecule has 0 aromatic heterocycles. The van der Waals surface area contributed by atoms with Crippen LogP contribution in [-0.4, -0.2) is 48.0 Å². The first-order chi connectivity index (χ1) is 11.0. The molecule has 0 radical (unpaired) electrons. The third-order valence-corrected chi connectivity index (χ3v) is 4.88. The Morgan fingerprint density at radius 2 is 2.04 bits per heavy atom. The van der Waals surface area contributed by atoms with Gasteiger partial charge in [-0.25, -0.2) is 5.01 Å². The van der Waals surface area contributed by atoms with Crippen molar-refractivity contribution in [1.82, 2.24) is 10.0 Å². The molecule has 2 fully saturated rings. The molecule has 5 nitrogen and oxygen atoms in total. The number of hydrogen-bond donors (Lipinski definition) is 0. The van der Waals surface area contributed by atoms with Crippen molar-refractivity contribution in [2.45, 2.75) is 64.6 Å². The van der Waals surface area contributed by atoms with Crippen LogP contribution in [0.3, 0.4) is 0 Å². The van der Waals surface area contributed by atoms with Crippen LogP contribution in [0.4, 0.5) is 0 Å². The van der Waals surface area contributed by atoms with Crippen molar-refractivity contribution in [3.05, 3.63) is 24.4 Å². The predicted octanol–water partition coefficient (Wildman–Crippen LogP) is 3.09. The molecule has 2 aliphatic rings. The molecule has 0 spiro atoms. The van der Waals surface area contributed by atoms with Gasteiger partial charge < -0.3 is 9.47 Å². The zero-order valence-corrected chi connectivity index (χ0v) is 14.8. The second kappa shape index (κ2) is 7.97. The third-order valence-electron chi connectivity index (χ3n) is 4.88. The van der Waals surface area contributed by atoms with E-state index in [4.69, 9.17) is 9.47 Å². The monoisotopic (exact) mass is 322 g/mol. The van der Waals surface area contributed by atoms with E-state index in [9.17, 15) is 4.79 Å². The summed E-state index contributed by atoms with van der Waals surface area (Å²) >= 11 is 0. The number of rotatable bonds is 8. The molecule has 0 unspecified atom stereocenters. The van der Waals surface area contributed by atoms with Crippen LogP contribution >= 0.6 is 0 Å². The van der Waals surface area contributed by atoms with Gasteiger partial charge in [-0.2, -0.15) is 0 Å². The molecule has 0 N–H and O–H groups in total. The van der Waals surface area contributed by atoms with Gasteiger partial charge in [0.15, 0.2) is 6.10 Å². The van der Waals surface area contributed by atoms with Gasteiger partial charge in [-0.1, -0.05) is 32.6 Å². The molecule has 23 heavy (non-hydrogen) atoms. The third kappa shape index (κ3) is 3.61. The molecule has 2 rings (SSSR count). The van der Waals surface area contributed by atoms with Gasteiger partial charge in [0.1, 0.15) is 12.8 Å². The molecular weight excluding hydrogens is 292 g/mol. The topological polar surface area (TPSA) is 42.0 Å². The van der Waals surface area contributed by atoms with E-state index in [0.29, 0.717) is 12.0 Å². The average molecular weight is 322 g/mol. The molecule has 2 saturated heterocycles. The van der Waals surface area contributed by atoms with E-state index < -0.39 is 6.10 Å². The Balaban J connectivity index is 2.15. The molecule has 0 aromatic rings. The van der Waals surface area contributed by atoms with Gasteiger partial charge in [0.2, 0.25) is 0 Å². The molecule has 5 heteroatoms. The highest BCUT2D eigenvalue weighted by Gasteiger charge is 2.52. The molecule has 2 aliphatic heterocycles. The quantitative estimate of drug-likeness (QED) is 0.391. The van der Waals surface area contributed by atoms with Gasteiger partial charge in [0, 0.05) is 18.8 Å². The Bertz CT molecular complexity index is 459. The van der Waals surface area contributed by atoms with Crippen LogP contribution in [0.1, 0.15) is 46.5 Å². The first-order valence-corrected chi connectivity index (χ1v) is 8.63. The number of allylic oxidation sites excluding steroid dienone is 2. The highest BCUT2D eigenvalue weighted by molar-refractivity contribution is 5.89. The number of hydrazine groups is 1. The summed E-state index contributed by atoms with van der Waals surface area (Å²) in [7, 11) is 1.57. The SMILES string of the molecule is C=C1CC[C@@H](C)N1N1C(=O)[C@H](OCOC)[C@@H]1/C=C/C(CC)CC. The van der Waals surface area contributed by atoms with Crippen molar-refractivity contribution in [3.8, 4) is 0 Å². The van der Waals surface area contributed by atoms with Crippen LogP contribution in [0.2, 0.25) is 0 Å². The van der Waals surface area contributed by atoms with E-state index in [-0.39, 0.29) is 18.7 Å². The smallest absolute Gasteiger partial charge is 0.273 e. The fourth-order valence-electron chi connectivity index (χ4n) is 3.33. The minimum atomic E-state index is -0.457. The van der Waals surface area contributed by atoms with Crippen LogP contribution in [0.5, 0.6) is 0 Å². The van der Waals surface area contributed by atoms with E-state index in [1.54, 1.807) is 7.11 Å². The van der Waals surface area contributed by atoms with Crippen molar-refractivity contribution < 1.29 is 14.3 Å². The minimum absolute atomic E-state index is 0.00357. The van der Waals surface area contributed by atoms with Crippen molar-refractivity contribution in [3.63, 3.8) is 0 Å². The standard InChI is InChI=1S/C18H30N2O3/c1-6-15(7-2)10-11-16-17(23-12-22-5)18(21)20(16)19-13(3)8-9-14(19)4/h10-11,14-17H,3,6-9,12H2,1-2,4-5H3/b11-10+/t14-,16+,17-/m1/s1. The van der Waals surface area contributed by atoms with Gasteiger partial charge in [-0.15, -0.1) is 0 Å². The van der Waals surface area contributed by atoms with Crippen LogP contribution in [0.15, 0.2) is 24.4 Å². The summed E-state index contributed by atoms with van der Waals surface area (Å²) in [5, 5.41) is 3.87. The normalized spacial score (nSPS) is 28.3. The van der Waals surface area contributed by atoms with Crippen LogP contribution < -0.4 is 0 Å². The molecule has 3 atom stereocenters. The van der Waals surface area contributed by atoms with E-state index in [2.05, 4.69) is 44.5 Å². The van der Waals surface area contributed by atoms with Crippen molar-refractivity contribution in [1.29, 1.82) is 0 Å². The van der Waals surface area contributed by atoms with E-state index >= 15 is 0 Å². The number of carbonyl (C=O) groups is 1. The molecule has 0 aliphatic carbocycles. The first kappa shape index (κ1) is 18.0. The van der Waals surface area contributed by atoms with Crippen molar-refractivity contribution >= 4 is 5.91 Å². The number of nitrogens with zero attached hydrogens (tertiary/aromatic N) is 2. The van der Waals surface area contributed by atoms with E-state index in [0.717, 1.165) is 31.4 Å². The second-order valence-electron chi connectivity index (χ2n) is 6.43. The number of ether oxygens (including phenoxy) is 2. The fourth-order valence-corrected chi connectivity index (χ4v) is 3.33. The van der Waals surface area contributed by atoms with Gasteiger partial charge in [0.25, 0.3) is 5.91 Å². The number of hydrogen-bond acceptors (Lipinski definition) is 4. The Labute approximate surface area is 139 Å². The molecule has 1 amide bonds. The maximum atomic E-state index is 12.6. The molecule has 0 saturated carbocycles. The zero-order valence-electron chi connectivity index (χ0n) is 14.8. The largest absolute Gasteiger partial charge is 0.359 e. The second-order valence-corrected chi connectivity index (χ2v) is 6.43. The van der Waals surface area contributed by atoms with Gasteiger partial charge >= 0.3 is 0 Å². The van der Waals surface area contributed by atoms with Crippen molar-refractivity contribution in [2.24, 2.45) is 5.92 Å². The van der Waals surface area contributed by atoms with Crippen LogP contribution in [0, 0.1) is 5.92 Å². The Morgan fingerprint density at radius 3 is 2.57 bits per heavy atom. The van der Waals surface area contributed by atoms with Crippen LogP contribution in [0.25, 0.3) is 0 Å². The summed E-state index contributed by atoms with van der Waals surface area (Å²) in [6.45, 7) is 10.8. The Morgan fingerprint density at radius 1 is 1.35 bits per heavy atom. The maximum absolute atomic E-state index is 12.6. The molecule has 2 heterocycles. The van der Waals surface area contributed by atoms with Gasteiger partial charge in [-0.05, 0) is 38.5 Å². The Hall–Kier alpha value is -1.33. The number of β-lactam (4-membered cyclic amide) rings is 1. The minimum Gasteiger partial charge on any atom is -0.359 e. The molecule has 0 aromatic carbocycles. The Kier molecular flexibility index (Phi) is 6.25. The fraction of sp³-hybridized carbons (Fsp3) is 0.722. The first-order valence-electron chi connectivity index (χ1n) is 8.63. The van der Waals surface area contributed by atoms with E-state index in [1.165, 1.54) is 0 Å². The maximum Gasteiger partial charge on any atom is 0.273 e. The molecule has 130 valence electrons. The van der Waals surface area contributed by atoms with Gasteiger partial charge in [-0.3, -0.25) is 9.80 Å². The summed E-state index contributed by atoms with van der Waals surface area (Å²) in [4.78, 5) is 12.6. The number of carbonyl (C=O) groups excluding carboxylic acids is 1. The highest BCUT2D eigenvalue weighted by atomic mass is 16.7. The van der Waals surface area contributed by atoms with E-state index in [1.807, 2.05) is 5.01 Å². The highest BCUT2D eigenvalue weighted by Crippen LogP contribution is 2.36. The lowest BCUT2D eigenvalue weighted by atomic mass is 9.95. The lowest BCUT2D eigenvalue weighted by molar-refractivity contribution is -0.211. The van der Waals surface area contributed by atoms with Crippen LogP contribution in [-0.2, 0) is 14.3 Å². The zero-order chi connectivity index (χ0) is 17.0. The van der Waals surface area contributed by atoms with Crippen molar-refractivity contribution in [2.75, 3.05) is 13.9 Å². The number of methoxy groups -OCH3 is 1. The number of amides is 1. The predicted molar refractivity (Wildman–Crippen MR) is 90.3 cm³/mol.